The Morgan fingerprint density at radius 2 is 2.00 bits per heavy atom. The summed E-state index contributed by atoms with van der Waals surface area (Å²) >= 11 is 0. The van der Waals surface area contributed by atoms with Crippen LogP contribution in [0.3, 0.4) is 0 Å². The van der Waals surface area contributed by atoms with Gasteiger partial charge in [0.25, 0.3) is 0 Å². The van der Waals surface area contributed by atoms with Gasteiger partial charge in [0.15, 0.2) is 17.5 Å². The maximum Gasteiger partial charge on any atom is 0.243 e. The fourth-order valence-electron chi connectivity index (χ4n) is 3.43. The molecule has 8 nitrogen and oxygen atoms in total. The Balaban J connectivity index is 0.00000480. The first kappa shape index (κ1) is 27.3. The molecule has 2 unspecified atom stereocenters. The standard InChI is InChI=1S/C22H37N5O3.HI/c1-6-27-13-9-10-18(27)15-24-22(25-16-21(28)26(3)4)23-14-17(2)30-20-12-8-7-11-19(20)29-5;/h7-8,11-12,17-18H,6,9-10,13-16H2,1-5H3,(H2,23,24,25);1H. The number of amides is 1. The number of halogens is 1. The van der Waals surface area contributed by atoms with E-state index in [9.17, 15) is 4.79 Å². The highest BCUT2D eigenvalue weighted by molar-refractivity contribution is 14.0. The maximum absolute atomic E-state index is 12.0. The number of benzene rings is 1. The van der Waals surface area contributed by atoms with E-state index >= 15 is 0 Å². The molecule has 2 rings (SSSR count). The van der Waals surface area contributed by atoms with Crippen LogP contribution < -0.4 is 20.1 Å². The molecule has 1 aromatic carbocycles. The van der Waals surface area contributed by atoms with Crippen molar-refractivity contribution in [3.8, 4) is 11.5 Å². The predicted molar refractivity (Wildman–Crippen MR) is 136 cm³/mol. The Bertz CT molecular complexity index is 701. The Kier molecular flexibility index (Phi) is 12.6. The summed E-state index contributed by atoms with van der Waals surface area (Å²) in [7, 11) is 5.10. The molecule has 1 aliphatic rings. The summed E-state index contributed by atoms with van der Waals surface area (Å²) in [4.78, 5) is 20.5. The molecule has 1 heterocycles. The largest absolute Gasteiger partial charge is 0.493 e. The lowest BCUT2D eigenvalue weighted by molar-refractivity contribution is -0.127. The first-order valence-electron chi connectivity index (χ1n) is 10.7. The van der Waals surface area contributed by atoms with Crippen molar-refractivity contribution in [3.05, 3.63) is 24.3 Å². The van der Waals surface area contributed by atoms with Crippen molar-refractivity contribution in [3.63, 3.8) is 0 Å². The van der Waals surface area contributed by atoms with Crippen molar-refractivity contribution in [2.45, 2.75) is 38.8 Å². The Hall–Kier alpha value is -1.75. The summed E-state index contributed by atoms with van der Waals surface area (Å²) in [5.41, 5.74) is 0. The second-order valence-corrected chi connectivity index (χ2v) is 7.72. The summed E-state index contributed by atoms with van der Waals surface area (Å²) in [5.74, 6) is 2.00. The highest BCUT2D eigenvalue weighted by atomic mass is 127. The molecule has 1 aromatic rings. The van der Waals surface area contributed by atoms with Gasteiger partial charge in [0.2, 0.25) is 5.91 Å². The van der Waals surface area contributed by atoms with Crippen LogP contribution in [0.2, 0.25) is 0 Å². The molecule has 2 atom stereocenters. The molecular weight excluding hydrogens is 509 g/mol. The van der Waals surface area contributed by atoms with Crippen molar-refractivity contribution in [1.82, 2.24) is 20.4 Å². The molecule has 0 aromatic heterocycles. The lowest BCUT2D eigenvalue weighted by Crippen LogP contribution is -2.47. The van der Waals surface area contributed by atoms with Crippen LogP contribution in [0.1, 0.15) is 26.7 Å². The second-order valence-electron chi connectivity index (χ2n) is 7.72. The first-order valence-corrected chi connectivity index (χ1v) is 10.7. The average Bonchev–Trinajstić information content (AvgIpc) is 3.20. The minimum absolute atomic E-state index is 0. The van der Waals surface area contributed by atoms with Crippen LogP contribution in [0.25, 0.3) is 0 Å². The van der Waals surface area contributed by atoms with E-state index in [4.69, 9.17) is 9.47 Å². The number of ether oxygens (including phenoxy) is 2. The molecule has 1 saturated heterocycles. The summed E-state index contributed by atoms with van der Waals surface area (Å²) in [6.07, 6.45) is 2.29. The van der Waals surface area contributed by atoms with Crippen LogP contribution in [-0.4, -0.2) is 87.7 Å². The summed E-state index contributed by atoms with van der Waals surface area (Å²) in [6.45, 7) is 7.82. The lowest BCUT2D eigenvalue weighted by Gasteiger charge is -2.24. The van der Waals surface area contributed by atoms with E-state index < -0.39 is 0 Å². The molecule has 0 bridgehead atoms. The number of rotatable bonds is 10. The van der Waals surface area contributed by atoms with E-state index in [1.807, 2.05) is 31.2 Å². The van der Waals surface area contributed by atoms with Gasteiger partial charge in [-0.05, 0) is 45.0 Å². The number of para-hydroxylation sites is 2. The molecule has 0 radical (unpaired) electrons. The van der Waals surface area contributed by atoms with E-state index in [1.54, 1.807) is 26.1 Å². The number of carbonyl (C=O) groups excluding carboxylic acids is 1. The number of likely N-dealkylation sites (tertiary alicyclic amines) is 1. The maximum atomic E-state index is 12.0. The lowest BCUT2D eigenvalue weighted by atomic mass is 10.2. The Morgan fingerprint density at radius 3 is 2.65 bits per heavy atom. The number of hydrogen-bond donors (Lipinski definition) is 2. The third-order valence-corrected chi connectivity index (χ3v) is 5.24. The van der Waals surface area contributed by atoms with Gasteiger partial charge in [-0.3, -0.25) is 9.69 Å². The van der Waals surface area contributed by atoms with Crippen molar-refractivity contribution < 1.29 is 14.3 Å². The Morgan fingerprint density at radius 1 is 1.29 bits per heavy atom. The van der Waals surface area contributed by atoms with E-state index in [2.05, 4.69) is 27.4 Å². The van der Waals surface area contributed by atoms with Crippen molar-refractivity contribution in [2.24, 2.45) is 4.99 Å². The molecule has 2 N–H and O–H groups in total. The van der Waals surface area contributed by atoms with E-state index in [0.717, 1.165) is 19.6 Å². The summed E-state index contributed by atoms with van der Waals surface area (Å²) in [6, 6.07) is 8.08. The number of carbonyl (C=O) groups is 1. The predicted octanol–water partition coefficient (Wildman–Crippen LogP) is 2.19. The summed E-state index contributed by atoms with van der Waals surface area (Å²) in [5, 5.41) is 6.72. The number of aliphatic imine (C=N–C) groups is 1. The van der Waals surface area contributed by atoms with Gasteiger partial charge < -0.3 is 25.0 Å². The molecule has 0 spiro atoms. The van der Waals surface area contributed by atoms with Gasteiger partial charge >= 0.3 is 0 Å². The molecule has 0 saturated carbocycles. The van der Waals surface area contributed by atoms with Crippen molar-refractivity contribution in [1.29, 1.82) is 0 Å². The fraction of sp³-hybridized carbons (Fsp3) is 0.636. The number of nitrogens with one attached hydrogen (secondary N) is 2. The van der Waals surface area contributed by atoms with Crippen LogP contribution in [0.15, 0.2) is 29.3 Å². The molecule has 1 aliphatic heterocycles. The smallest absolute Gasteiger partial charge is 0.243 e. The highest BCUT2D eigenvalue weighted by Gasteiger charge is 2.23. The first-order chi connectivity index (χ1) is 14.4. The number of methoxy groups -OCH3 is 1. The van der Waals surface area contributed by atoms with Gasteiger partial charge in [-0.15, -0.1) is 24.0 Å². The van der Waals surface area contributed by atoms with Gasteiger partial charge in [-0.25, -0.2) is 4.99 Å². The minimum Gasteiger partial charge on any atom is -0.493 e. The second kappa shape index (κ2) is 14.3. The monoisotopic (exact) mass is 547 g/mol. The molecule has 176 valence electrons. The highest BCUT2D eigenvalue weighted by Crippen LogP contribution is 2.26. The fourth-order valence-corrected chi connectivity index (χ4v) is 3.43. The van der Waals surface area contributed by atoms with Crippen LogP contribution >= 0.6 is 24.0 Å². The zero-order valence-corrected chi connectivity index (χ0v) is 21.7. The Labute approximate surface area is 203 Å². The van der Waals surface area contributed by atoms with Gasteiger partial charge in [0, 0.05) is 26.7 Å². The SMILES string of the molecule is CCN1CCCC1CNC(=NCC(=O)N(C)C)NCC(C)Oc1ccccc1OC.I. The van der Waals surface area contributed by atoms with Crippen molar-refractivity contribution >= 4 is 35.8 Å². The van der Waals surface area contributed by atoms with Gasteiger partial charge in [-0.2, -0.15) is 0 Å². The average molecular weight is 547 g/mol. The molecule has 9 heteroatoms. The summed E-state index contributed by atoms with van der Waals surface area (Å²) < 4.78 is 11.4. The zero-order chi connectivity index (χ0) is 21.9. The van der Waals surface area contributed by atoms with Crippen molar-refractivity contribution in [2.75, 3.05) is 53.9 Å². The number of nitrogens with zero attached hydrogens (tertiary/aromatic N) is 3. The molecule has 0 aliphatic carbocycles. The number of hydrogen-bond acceptors (Lipinski definition) is 5. The zero-order valence-electron chi connectivity index (χ0n) is 19.4. The van der Waals surface area contributed by atoms with Crippen LogP contribution in [0, 0.1) is 0 Å². The van der Waals surface area contributed by atoms with E-state index in [1.165, 1.54) is 12.8 Å². The molecule has 1 amide bonds. The number of guanidine groups is 1. The number of likely N-dealkylation sites (N-methyl/N-ethyl adjacent to an activating group) is 2. The van der Waals surface area contributed by atoms with E-state index in [0.29, 0.717) is 30.0 Å². The quantitative estimate of drug-likeness (QED) is 0.266. The van der Waals surface area contributed by atoms with Crippen LogP contribution in [-0.2, 0) is 4.79 Å². The molecule has 1 fully saturated rings. The minimum atomic E-state index is -0.114. The third kappa shape index (κ3) is 9.10. The van der Waals surface area contributed by atoms with Gasteiger partial charge in [0.1, 0.15) is 12.6 Å². The van der Waals surface area contributed by atoms with E-state index in [-0.39, 0.29) is 42.5 Å². The normalized spacial score (nSPS) is 17.5. The third-order valence-electron chi connectivity index (χ3n) is 5.24. The molecule has 31 heavy (non-hydrogen) atoms. The molecular formula is C22H38IN5O3. The van der Waals surface area contributed by atoms with Crippen LogP contribution in [0.5, 0.6) is 11.5 Å². The van der Waals surface area contributed by atoms with Crippen LogP contribution in [0.4, 0.5) is 0 Å². The van der Waals surface area contributed by atoms with Gasteiger partial charge in [0.05, 0.1) is 13.7 Å². The van der Waals surface area contributed by atoms with Gasteiger partial charge in [-0.1, -0.05) is 19.1 Å². The topological polar surface area (TPSA) is 78.4 Å².